The van der Waals surface area contributed by atoms with E-state index in [9.17, 15) is 23.0 Å². The minimum absolute atomic E-state index is 0.298. The number of sulfone groups is 1. The van der Waals surface area contributed by atoms with Crippen molar-refractivity contribution in [2.45, 2.75) is 29.1 Å². The van der Waals surface area contributed by atoms with Crippen LogP contribution in [0.1, 0.15) is 24.5 Å². The number of halogens is 1. The number of benzene rings is 2. The third-order valence-electron chi connectivity index (χ3n) is 6.08. The molecule has 0 amide bonds. The summed E-state index contributed by atoms with van der Waals surface area (Å²) in [5, 5.41) is 19.3. The molecule has 2 fully saturated rings. The fourth-order valence-corrected chi connectivity index (χ4v) is 6.55. The van der Waals surface area contributed by atoms with Gasteiger partial charge in [0, 0.05) is 19.6 Å². The van der Waals surface area contributed by atoms with Gasteiger partial charge in [0.25, 0.3) is 0 Å². The van der Waals surface area contributed by atoms with Gasteiger partial charge in [-0.05, 0) is 54.5 Å². The molecule has 4 atom stereocenters. The van der Waals surface area contributed by atoms with Gasteiger partial charge >= 0.3 is 0 Å². The number of phenolic OH excluding ortho intramolecular Hbond substituents is 1. The van der Waals surface area contributed by atoms with E-state index in [2.05, 4.69) is 4.90 Å². The first kappa shape index (κ1) is 19.4. The molecule has 28 heavy (non-hydrogen) atoms. The molecule has 1 saturated carbocycles. The quantitative estimate of drug-likeness (QED) is 0.800. The van der Waals surface area contributed by atoms with Crippen molar-refractivity contribution in [1.29, 1.82) is 0 Å². The number of aromatic hydroxyl groups is 1. The summed E-state index contributed by atoms with van der Waals surface area (Å²) in [6.07, 6.45) is 0.433. The van der Waals surface area contributed by atoms with Crippen molar-refractivity contribution >= 4 is 9.84 Å². The lowest BCUT2D eigenvalue weighted by Crippen LogP contribution is -2.29. The van der Waals surface area contributed by atoms with Gasteiger partial charge in [-0.2, -0.15) is 0 Å². The van der Waals surface area contributed by atoms with Crippen LogP contribution in [0, 0.1) is 17.7 Å². The summed E-state index contributed by atoms with van der Waals surface area (Å²) in [7, 11) is -3.31. The molecule has 150 valence electrons. The molecule has 1 aliphatic heterocycles. The second kappa shape index (κ2) is 7.46. The van der Waals surface area contributed by atoms with Crippen molar-refractivity contribution in [3.05, 3.63) is 59.9 Å². The molecule has 0 aromatic heterocycles. The van der Waals surface area contributed by atoms with Gasteiger partial charge in [-0.15, -0.1) is 0 Å². The Morgan fingerprint density at radius 2 is 1.71 bits per heavy atom. The first-order chi connectivity index (χ1) is 13.3. The molecule has 4 rings (SSSR count). The number of phenols is 1. The van der Waals surface area contributed by atoms with Crippen LogP contribution in [0.15, 0.2) is 53.4 Å². The molecule has 1 saturated heterocycles. The molecule has 1 unspecified atom stereocenters. The summed E-state index contributed by atoms with van der Waals surface area (Å²) in [4.78, 5) is 2.51. The maximum Gasteiger partial charge on any atom is 0.181 e. The van der Waals surface area contributed by atoms with Crippen LogP contribution in [0.2, 0.25) is 0 Å². The Balaban J connectivity index is 1.37. The molecular weight excluding hydrogens is 381 g/mol. The highest BCUT2D eigenvalue weighted by molar-refractivity contribution is 7.92. The summed E-state index contributed by atoms with van der Waals surface area (Å²) < 4.78 is 39.2. The van der Waals surface area contributed by atoms with Crippen LogP contribution in [0.3, 0.4) is 0 Å². The minimum atomic E-state index is -3.31. The third-order valence-corrected chi connectivity index (χ3v) is 8.27. The largest absolute Gasteiger partial charge is 0.505 e. The molecule has 5 nitrogen and oxygen atoms in total. The number of aliphatic hydroxyl groups is 1. The number of hydrogen-bond donors (Lipinski definition) is 2. The molecule has 0 spiro atoms. The van der Waals surface area contributed by atoms with Crippen LogP contribution in [-0.4, -0.2) is 48.4 Å². The molecule has 2 aromatic rings. The van der Waals surface area contributed by atoms with E-state index in [1.165, 1.54) is 12.1 Å². The lowest BCUT2D eigenvalue weighted by Gasteiger charge is -2.22. The van der Waals surface area contributed by atoms with Gasteiger partial charge in [0.15, 0.2) is 21.4 Å². The molecule has 0 bridgehead atoms. The Labute approximate surface area is 164 Å². The molecule has 1 aliphatic carbocycles. The van der Waals surface area contributed by atoms with Crippen LogP contribution in [0.4, 0.5) is 4.39 Å². The average Bonchev–Trinajstić information content (AvgIpc) is 3.23. The van der Waals surface area contributed by atoms with Crippen molar-refractivity contribution in [2.75, 3.05) is 19.6 Å². The van der Waals surface area contributed by atoms with Crippen LogP contribution in [0.5, 0.6) is 5.75 Å². The van der Waals surface area contributed by atoms with Crippen LogP contribution in [-0.2, 0) is 9.84 Å². The fourth-order valence-electron chi connectivity index (χ4n) is 4.63. The van der Waals surface area contributed by atoms with Crippen molar-refractivity contribution in [1.82, 2.24) is 4.90 Å². The first-order valence-electron chi connectivity index (χ1n) is 9.52. The normalized spacial score (nSPS) is 26.3. The second-order valence-corrected chi connectivity index (χ2v) is 10.1. The van der Waals surface area contributed by atoms with Gasteiger partial charge in [-0.1, -0.05) is 24.3 Å². The van der Waals surface area contributed by atoms with Crippen molar-refractivity contribution < 1.29 is 23.0 Å². The fraction of sp³-hybridized carbons (Fsp3) is 0.429. The Kier molecular flexibility index (Phi) is 5.16. The number of hydrogen-bond acceptors (Lipinski definition) is 5. The van der Waals surface area contributed by atoms with E-state index >= 15 is 0 Å². The van der Waals surface area contributed by atoms with E-state index in [0.29, 0.717) is 41.7 Å². The van der Waals surface area contributed by atoms with Crippen LogP contribution < -0.4 is 0 Å². The number of likely N-dealkylation sites (tertiary alicyclic amines) is 1. The highest BCUT2D eigenvalue weighted by Crippen LogP contribution is 2.42. The molecule has 7 heteroatoms. The number of rotatable bonds is 5. The molecular formula is C21H24FNO4S. The molecule has 2 N–H and O–H groups in total. The summed E-state index contributed by atoms with van der Waals surface area (Å²) in [5.74, 6) is -0.583. The average molecular weight is 405 g/mol. The maximum absolute atomic E-state index is 13.5. The zero-order chi connectivity index (χ0) is 19.9. The van der Waals surface area contributed by atoms with Crippen molar-refractivity contribution in [3.8, 4) is 5.75 Å². The lowest BCUT2D eigenvalue weighted by molar-refractivity contribution is 0.121. The van der Waals surface area contributed by atoms with E-state index in [1.54, 1.807) is 24.3 Å². The van der Waals surface area contributed by atoms with Crippen LogP contribution >= 0.6 is 0 Å². The molecule has 0 radical (unpaired) electrons. The summed E-state index contributed by atoms with van der Waals surface area (Å²) in [6.45, 7) is 1.85. The zero-order valence-corrected chi connectivity index (χ0v) is 16.2. The molecule has 2 aliphatic rings. The van der Waals surface area contributed by atoms with Gasteiger partial charge < -0.3 is 10.2 Å². The van der Waals surface area contributed by atoms with Crippen molar-refractivity contribution in [3.63, 3.8) is 0 Å². The number of β-amino-alcohol motifs (C(OH)–C–C–N with tert-alkyl or cyclic N) is 1. The molecule has 2 aromatic carbocycles. The highest BCUT2D eigenvalue weighted by atomic mass is 32.2. The number of aliphatic hydroxyl groups excluding tert-OH is 1. The van der Waals surface area contributed by atoms with Gasteiger partial charge in [-0.25, -0.2) is 12.8 Å². The third kappa shape index (κ3) is 3.66. The van der Waals surface area contributed by atoms with E-state index in [-0.39, 0.29) is 5.25 Å². The Bertz CT molecular complexity index is 936. The maximum atomic E-state index is 13.5. The summed E-state index contributed by atoms with van der Waals surface area (Å²) >= 11 is 0. The Morgan fingerprint density at radius 1 is 1.07 bits per heavy atom. The van der Waals surface area contributed by atoms with Gasteiger partial charge in [0.05, 0.1) is 16.2 Å². The first-order valence-corrected chi connectivity index (χ1v) is 11.1. The van der Waals surface area contributed by atoms with E-state index in [1.807, 2.05) is 6.07 Å². The Morgan fingerprint density at radius 3 is 2.32 bits per heavy atom. The summed E-state index contributed by atoms with van der Waals surface area (Å²) in [5.41, 5.74) is 0.428. The standard InChI is InChI=1S/C21H24FNO4S/c22-19-10-14(6-7-20(19)24)21(25)13-23-11-15-8-18(9-16(15)12-23)28(26,27)17-4-2-1-3-5-17/h1-7,10,15-16,18,21,24-25H,8-9,11-13H2/t15-,16+,18-,21?. The van der Waals surface area contributed by atoms with Gasteiger partial charge in [-0.3, -0.25) is 4.90 Å². The van der Waals surface area contributed by atoms with Gasteiger partial charge in [0.2, 0.25) is 0 Å². The predicted molar refractivity (Wildman–Crippen MR) is 103 cm³/mol. The monoisotopic (exact) mass is 405 g/mol. The van der Waals surface area contributed by atoms with Gasteiger partial charge in [0.1, 0.15) is 0 Å². The van der Waals surface area contributed by atoms with E-state index in [0.717, 1.165) is 19.2 Å². The van der Waals surface area contributed by atoms with E-state index in [4.69, 9.17) is 0 Å². The molecule has 1 heterocycles. The Hall–Kier alpha value is -1.96. The minimum Gasteiger partial charge on any atom is -0.505 e. The zero-order valence-electron chi connectivity index (χ0n) is 15.4. The SMILES string of the molecule is O=S(=O)(c1ccccc1)[C@@H]1C[C@@H]2CN(CC(O)c3ccc(O)c(F)c3)C[C@@H]2C1. The lowest BCUT2D eigenvalue weighted by atomic mass is 10.0. The summed E-state index contributed by atoms with van der Waals surface area (Å²) in [6, 6.07) is 12.5. The number of nitrogens with zero attached hydrogens (tertiary/aromatic N) is 1. The number of fused-ring (bicyclic) bond motifs is 1. The van der Waals surface area contributed by atoms with E-state index < -0.39 is 27.5 Å². The second-order valence-electron chi connectivity index (χ2n) is 7.92. The topological polar surface area (TPSA) is 77.8 Å². The van der Waals surface area contributed by atoms with Crippen LogP contribution in [0.25, 0.3) is 0 Å². The smallest absolute Gasteiger partial charge is 0.181 e. The van der Waals surface area contributed by atoms with Crippen molar-refractivity contribution in [2.24, 2.45) is 11.8 Å². The predicted octanol–water partition coefficient (Wildman–Crippen LogP) is 2.75. The highest BCUT2D eigenvalue weighted by Gasteiger charge is 2.45.